The Bertz CT molecular complexity index is 792. The van der Waals surface area contributed by atoms with Crippen molar-refractivity contribution in [1.29, 1.82) is 0 Å². The molecule has 1 aliphatic heterocycles. The molecule has 0 aromatic heterocycles. The van der Waals surface area contributed by atoms with Crippen LogP contribution >= 0.6 is 11.6 Å². The Balaban J connectivity index is 1.71. The van der Waals surface area contributed by atoms with Gasteiger partial charge in [-0.2, -0.15) is 0 Å². The Morgan fingerprint density at radius 2 is 2.04 bits per heavy atom. The molecule has 2 aromatic rings. The highest BCUT2D eigenvalue weighted by Crippen LogP contribution is 2.35. The fraction of sp³-hybridized carbons (Fsp3) is 0.222. The zero-order valence-corrected chi connectivity index (χ0v) is 13.7. The van der Waals surface area contributed by atoms with Crippen LogP contribution in [0.1, 0.15) is 34.7 Å². The lowest BCUT2D eigenvalue weighted by molar-refractivity contribution is -0.116. The summed E-state index contributed by atoms with van der Waals surface area (Å²) in [5, 5.41) is 3.06. The van der Waals surface area contributed by atoms with Gasteiger partial charge in [-0.1, -0.05) is 29.8 Å². The molecule has 2 amide bonds. The number of nitrogens with two attached hydrogens (primary N) is 1. The van der Waals surface area contributed by atoms with Crippen molar-refractivity contribution in [3.05, 3.63) is 58.6 Å². The van der Waals surface area contributed by atoms with Gasteiger partial charge in [-0.25, -0.2) is 0 Å². The van der Waals surface area contributed by atoms with Gasteiger partial charge in [0.15, 0.2) is 0 Å². The average Bonchev–Trinajstić information content (AvgIpc) is 2.56. The molecule has 3 N–H and O–H groups in total. The molecule has 0 saturated carbocycles. The molecule has 1 atom stereocenters. The minimum Gasteiger partial charge on any atom is -0.493 e. The van der Waals surface area contributed by atoms with Gasteiger partial charge < -0.3 is 15.8 Å². The summed E-state index contributed by atoms with van der Waals surface area (Å²) < 4.78 is 5.61. The summed E-state index contributed by atoms with van der Waals surface area (Å²) in [4.78, 5) is 23.7. The monoisotopic (exact) mass is 344 g/mol. The van der Waals surface area contributed by atoms with E-state index in [2.05, 4.69) is 5.32 Å². The molecule has 2 aromatic carbocycles. The van der Waals surface area contributed by atoms with Crippen molar-refractivity contribution in [2.45, 2.75) is 18.8 Å². The molecule has 5 nitrogen and oxygen atoms in total. The van der Waals surface area contributed by atoms with Crippen LogP contribution in [0.5, 0.6) is 5.75 Å². The van der Waals surface area contributed by atoms with Crippen LogP contribution in [0.15, 0.2) is 42.5 Å². The van der Waals surface area contributed by atoms with E-state index < -0.39 is 5.91 Å². The number of hydrogen-bond acceptors (Lipinski definition) is 3. The lowest BCUT2D eigenvalue weighted by Crippen LogP contribution is -2.21. The van der Waals surface area contributed by atoms with Crippen molar-refractivity contribution >= 4 is 29.1 Å². The highest BCUT2D eigenvalue weighted by molar-refractivity contribution is 6.34. The Morgan fingerprint density at radius 1 is 1.25 bits per heavy atom. The Hall–Kier alpha value is -2.53. The third-order valence-electron chi connectivity index (χ3n) is 4.03. The number of nitrogens with one attached hydrogen (secondary N) is 1. The molecule has 1 unspecified atom stereocenters. The molecule has 0 fully saturated rings. The average molecular weight is 345 g/mol. The third-order valence-corrected chi connectivity index (χ3v) is 4.36. The van der Waals surface area contributed by atoms with Crippen molar-refractivity contribution < 1.29 is 14.3 Å². The van der Waals surface area contributed by atoms with Crippen LogP contribution in [0.25, 0.3) is 0 Å². The minimum atomic E-state index is -0.630. The topological polar surface area (TPSA) is 81.4 Å². The number of ether oxygens (including phenoxy) is 1. The highest BCUT2D eigenvalue weighted by Gasteiger charge is 2.23. The summed E-state index contributed by atoms with van der Waals surface area (Å²) in [6.45, 7) is 0.599. The molecule has 6 heteroatoms. The van der Waals surface area contributed by atoms with E-state index in [9.17, 15) is 9.59 Å². The minimum absolute atomic E-state index is 0.109. The number of benzene rings is 2. The van der Waals surface area contributed by atoms with Crippen LogP contribution in [0.2, 0.25) is 5.02 Å². The first-order valence-corrected chi connectivity index (χ1v) is 8.03. The summed E-state index contributed by atoms with van der Waals surface area (Å²) >= 11 is 5.91. The molecule has 124 valence electrons. The predicted molar refractivity (Wildman–Crippen MR) is 92.5 cm³/mol. The molecule has 0 saturated heterocycles. The van der Waals surface area contributed by atoms with Crippen LogP contribution in [0, 0.1) is 0 Å². The normalized spacial score (nSPS) is 16.0. The summed E-state index contributed by atoms with van der Waals surface area (Å²) in [6.07, 6.45) is 1.13. The fourth-order valence-electron chi connectivity index (χ4n) is 2.86. The highest BCUT2D eigenvalue weighted by atomic mass is 35.5. The van der Waals surface area contributed by atoms with E-state index in [0.717, 1.165) is 17.7 Å². The van der Waals surface area contributed by atoms with Gasteiger partial charge in [0, 0.05) is 12.1 Å². The molecular formula is C18H17ClN2O3. The van der Waals surface area contributed by atoms with E-state index in [4.69, 9.17) is 22.1 Å². The van der Waals surface area contributed by atoms with Crippen molar-refractivity contribution in [2.75, 3.05) is 11.9 Å². The van der Waals surface area contributed by atoms with Crippen LogP contribution in [-0.2, 0) is 4.79 Å². The second kappa shape index (κ2) is 6.93. The van der Waals surface area contributed by atoms with Crippen LogP contribution in [0.3, 0.4) is 0 Å². The summed E-state index contributed by atoms with van der Waals surface area (Å²) in [7, 11) is 0. The Labute approximate surface area is 144 Å². The first-order valence-electron chi connectivity index (χ1n) is 7.65. The molecule has 0 radical (unpaired) electrons. The lowest BCUT2D eigenvalue weighted by Gasteiger charge is -2.25. The Kier molecular flexibility index (Phi) is 4.71. The number of rotatable bonds is 4. The maximum atomic E-state index is 12.4. The Morgan fingerprint density at radius 3 is 2.83 bits per heavy atom. The first kappa shape index (κ1) is 16.3. The standard InChI is InChI=1S/C18H17ClN2O3/c19-15-6-5-12(10-14(15)18(20)23)21-17(22)9-11-7-8-24-16-4-2-1-3-13(11)16/h1-6,10-11H,7-9H2,(H2,20,23)(H,21,22). The summed E-state index contributed by atoms with van der Waals surface area (Å²) in [5.41, 5.74) is 7.00. The van der Waals surface area contributed by atoms with E-state index in [1.54, 1.807) is 12.1 Å². The van der Waals surface area contributed by atoms with Gasteiger partial charge in [0.1, 0.15) is 5.75 Å². The number of halogens is 1. The van der Waals surface area contributed by atoms with Gasteiger partial charge in [0.05, 0.1) is 17.2 Å². The summed E-state index contributed by atoms with van der Waals surface area (Å²) in [5.74, 6) is 0.186. The van der Waals surface area contributed by atoms with Crippen molar-refractivity contribution in [3.8, 4) is 5.75 Å². The van der Waals surface area contributed by atoms with E-state index in [1.165, 1.54) is 6.07 Å². The fourth-order valence-corrected chi connectivity index (χ4v) is 3.07. The van der Waals surface area contributed by atoms with Crippen LogP contribution in [0.4, 0.5) is 5.69 Å². The van der Waals surface area contributed by atoms with Gasteiger partial charge in [0.2, 0.25) is 11.8 Å². The smallest absolute Gasteiger partial charge is 0.250 e. The van der Waals surface area contributed by atoms with E-state index in [0.29, 0.717) is 18.7 Å². The van der Waals surface area contributed by atoms with E-state index in [1.807, 2.05) is 24.3 Å². The number of amides is 2. The number of primary amides is 1. The number of hydrogen-bond donors (Lipinski definition) is 2. The van der Waals surface area contributed by atoms with Crippen molar-refractivity contribution in [1.82, 2.24) is 0 Å². The van der Waals surface area contributed by atoms with E-state index >= 15 is 0 Å². The van der Waals surface area contributed by atoms with Gasteiger partial charge >= 0.3 is 0 Å². The molecule has 3 rings (SSSR count). The van der Waals surface area contributed by atoms with Gasteiger partial charge in [-0.3, -0.25) is 9.59 Å². The first-order chi connectivity index (χ1) is 11.5. The van der Waals surface area contributed by atoms with Gasteiger partial charge in [0.25, 0.3) is 0 Å². The number of para-hydroxylation sites is 1. The molecule has 1 heterocycles. The number of fused-ring (bicyclic) bond motifs is 1. The van der Waals surface area contributed by atoms with Crippen molar-refractivity contribution in [2.24, 2.45) is 5.73 Å². The quantitative estimate of drug-likeness (QED) is 0.892. The molecule has 0 spiro atoms. The maximum Gasteiger partial charge on any atom is 0.250 e. The number of carbonyl (C=O) groups is 2. The summed E-state index contributed by atoms with van der Waals surface area (Å²) in [6, 6.07) is 12.4. The maximum absolute atomic E-state index is 12.4. The van der Waals surface area contributed by atoms with Gasteiger partial charge in [-0.15, -0.1) is 0 Å². The predicted octanol–water partition coefficient (Wildman–Crippen LogP) is 3.33. The van der Waals surface area contributed by atoms with Crippen LogP contribution < -0.4 is 15.8 Å². The third kappa shape index (κ3) is 3.51. The van der Waals surface area contributed by atoms with E-state index in [-0.39, 0.29) is 22.4 Å². The molecule has 1 aliphatic rings. The second-order valence-corrected chi connectivity index (χ2v) is 6.09. The zero-order valence-electron chi connectivity index (χ0n) is 12.9. The second-order valence-electron chi connectivity index (χ2n) is 5.68. The van der Waals surface area contributed by atoms with Gasteiger partial charge in [-0.05, 0) is 42.2 Å². The molecule has 0 aliphatic carbocycles. The number of carbonyl (C=O) groups excluding carboxylic acids is 2. The lowest BCUT2D eigenvalue weighted by atomic mass is 9.90. The largest absolute Gasteiger partial charge is 0.493 e. The molecule has 0 bridgehead atoms. The van der Waals surface area contributed by atoms with Crippen LogP contribution in [-0.4, -0.2) is 18.4 Å². The zero-order chi connectivity index (χ0) is 17.1. The SMILES string of the molecule is NC(=O)c1cc(NC(=O)CC2CCOc3ccccc32)ccc1Cl. The molecular weight excluding hydrogens is 328 g/mol. The molecule has 24 heavy (non-hydrogen) atoms. The van der Waals surface area contributed by atoms with Crippen molar-refractivity contribution in [3.63, 3.8) is 0 Å². The number of anilines is 1.